The second kappa shape index (κ2) is 5.59. The van der Waals surface area contributed by atoms with Crippen LogP contribution in [0.1, 0.15) is 10.4 Å². The Balaban J connectivity index is 2.38. The highest BCUT2D eigenvalue weighted by molar-refractivity contribution is 7.89. The van der Waals surface area contributed by atoms with Crippen LogP contribution in [-0.4, -0.2) is 19.8 Å². The highest BCUT2D eigenvalue weighted by Crippen LogP contribution is 2.25. The molecular weight excluding hydrogens is 304 g/mol. The van der Waals surface area contributed by atoms with E-state index in [-0.39, 0.29) is 6.54 Å². The largest absolute Gasteiger partial charge is 0.249 e. The summed E-state index contributed by atoms with van der Waals surface area (Å²) in [5, 5.41) is 1.84. The molecule has 1 aromatic heterocycles. The number of aryl methyl sites for hydroxylation is 1. The summed E-state index contributed by atoms with van der Waals surface area (Å²) in [6.07, 6.45) is 0. The van der Waals surface area contributed by atoms with Crippen molar-refractivity contribution in [1.82, 2.24) is 4.31 Å². The van der Waals surface area contributed by atoms with Gasteiger partial charge in [-0.2, -0.15) is 4.31 Å². The first-order chi connectivity index (χ1) is 9.34. The van der Waals surface area contributed by atoms with E-state index in [1.54, 1.807) is 0 Å². The van der Waals surface area contributed by atoms with Crippen molar-refractivity contribution in [1.29, 1.82) is 0 Å². The third kappa shape index (κ3) is 2.74. The Morgan fingerprint density at radius 1 is 1.20 bits per heavy atom. The lowest BCUT2D eigenvalue weighted by molar-refractivity contribution is 0.449. The first-order valence-electron chi connectivity index (χ1n) is 5.77. The summed E-state index contributed by atoms with van der Waals surface area (Å²) < 4.78 is 52.7. The second-order valence-corrected chi connectivity index (χ2v) is 7.32. The van der Waals surface area contributed by atoms with Crippen molar-refractivity contribution in [3.8, 4) is 0 Å². The van der Waals surface area contributed by atoms with Crippen molar-refractivity contribution in [2.45, 2.75) is 18.4 Å². The Morgan fingerprint density at radius 2 is 1.80 bits per heavy atom. The van der Waals surface area contributed by atoms with Crippen molar-refractivity contribution in [2.75, 3.05) is 7.05 Å². The summed E-state index contributed by atoms with van der Waals surface area (Å²) in [7, 11) is -2.90. The number of nitrogens with zero attached hydrogens (tertiary/aromatic N) is 1. The third-order valence-corrected chi connectivity index (χ3v) is 5.79. The first kappa shape index (κ1) is 15.1. The van der Waals surface area contributed by atoms with Gasteiger partial charge in [0.25, 0.3) is 0 Å². The summed E-state index contributed by atoms with van der Waals surface area (Å²) >= 11 is 1.40. The zero-order valence-corrected chi connectivity index (χ0v) is 12.6. The molecule has 2 rings (SSSR count). The molecule has 0 aliphatic heterocycles. The second-order valence-electron chi connectivity index (χ2n) is 4.34. The number of benzene rings is 1. The highest BCUT2D eigenvalue weighted by atomic mass is 32.2. The molecule has 0 aliphatic carbocycles. The average Bonchev–Trinajstić information content (AvgIpc) is 2.74. The molecule has 0 saturated carbocycles. The fraction of sp³-hybridized carbons (Fsp3) is 0.231. The van der Waals surface area contributed by atoms with Crippen molar-refractivity contribution >= 4 is 21.4 Å². The lowest BCUT2D eigenvalue weighted by Gasteiger charge is -2.17. The monoisotopic (exact) mass is 317 g/mol. The quantitative estimate of drug-likeness (QED) is 0.868. The van der Waals surface area contributed by atoms with Crippen molar-refractivity contribution in [3.05, 3.63) is 51.7 Å². The molecule has 0 N–H and O–H groups in total. The Kier molecular flexibility index (Phi) is 4.22. The molecule has 0 saturated heterocycles. The van der Waals surface area contributed by atoms with Gasteiger partial charge in [0.15, 0.2) is 4.90 Å². The number of hydrogen-bond acceptors (Lipinski definition) is 3. The molecule has 7 heteroatoms. The molecule has 0 bridgehead atoms. The van der Waals surface area contributed by atoms with Crippen molar-refractivity contribution in [3.63, 3.8) is 0 Å². The maximum Gasteiger partial charge on any atom is 0.249 e. The topological polar surface area (TPSA) is 37.4 Å². The van der Waals surface area contributed by atoms with Crippen LogP contribution in [0.25, 0.3) is 0 Å². The van der Waals surface area contributed by atoms with E-state index in [4.69, 9.17) is 0 Å². The van der Waals surface area contributed by atoms with Crippen molar-refractivity contribution < 1.29 is 17.2 Å². The van der Waals surface area contributed by atoms with Gasteiger partial charge in [0.2, 0.25) is 10.0 Å². The lowest BCUT2D eigenvalue weighted by atomic mass is 10.3. The van der Waals surface area contributed by atoms with Crippen LogP contribution in [0.4, 0.5) is 8.78 Å². The first-order valence-corrected chi connectivity index (χ1v) is 8.09. The van der Waals surface area contributed by atoms with Gasteiger partial charge in [-0.25, -0.2) is 17.2 Å². The normalized spacial score (nSPS) is 12.1. The lowest BCUT2D eigenvalue weighted by Crippen LogP contribution is -2.28. The molecule has 3 nitrogen and oxygen atoms in total. The summed E-state index contributed by atoms with van der Waals surface area (Å²) in [5.41, 5.74) is 0.950. The molecule has 0 radical (unpaired) electrons. The van der Waals surface area contributed by atoms with Crippen LogP contribution in [0.5, 0.6) is 0 Å². The fourth-order valence-corrected chi connectivity index (χ4v) is 4.02. The van der Waals surface area contributed by atoms with E-state index >= 15 is 0 Å². The highest BCUT2D eigenvalue weighted by Gasteiger charge is 2.28. The third-order valence-electron chi connectivity index (χ3n) is 2.92. The predicted molar refractivity (Wildman–Crippen MR) is 74.1 cm³/mol. The minimum atomic E-state index is -4.20. The molecular formula is C13H13F2NO2S2. The van der Waals surface area contributed by atoms with Crippen LogP contribution in [0.2, 0.25) is 0 Å². The molecule has 0 spiro atoms. The van der Waals surface area contributed by atoms with Crippen LogP contribution in [0, 0.1) is 18.6 Å². The van der Waals surface area contributed by atoms with E-state index in [0.29, 0.717) is 0 Å². The summed E-state index contributed by atoms with van der Waals surface area (Å²) in [6.45, 7) is 1.94. The maximum atomic E-state index is 13.6. The molecule has 0 unspecified atom stereocenters. The SMILES string of the molecule is Cc1ccsc1CN(C)S(=O)(=O)c1c(F)cccc1F. The number of hydrogen-bond donors (Lipinski definition) is 0. The predicted octanol–water partition coefficient (Wildman–Crippen LogP) is 3.16. The molecule has 1 heterocycles. The van der Waals surface area contributed by atoms with Gasteiger partial charge in [0, 0.05) is 18.5 Å². The van der Waals surface area contributed by atoms with Crippen LogP contribution < -0.4 is 0 Å². The standard InChI is InChI=1S/C13H13F2NO2S2/c1-9-6-7-19-12(9)8-16(2)20(17,18)13-10(14)4-3-5-11(13)15/h3-7H,8H2,1-2H3. The molecule has 108 valence electrons. The van der Waals surface area contributed by atoms with Gasteiger partial charge in [-0.1, -0.05) is 6.07 Å². The number of thiophene rings is 1. The minimum Gasteiger partial charge on any atom is -0.207 e. The van der Waals surface area contributed by atoms with E-state index in [2.05, 4.69) is 0 Å². The van der Waals surface area contributed by atoms with Gasteiger partial charge in [-0.3, -0.25) is 0 Å². The Labute approximate surface area is 120 Å². The summed E-state index contributed by atoms with van der Waals surface area (Å²) in [4.78, 5) is -0.0652. The zero-order valence-electron chi connectivity index (χ0n) is 10.9. The van der Waals surface area contributed by atoms with E-state index in [0.717, 1.165) is 32.9 Å². The Morgan fingerprint density at radius 3 is 2.30 bits per heavy atom. The smallest absolute Gasteiger partial charge is 0.207 e. The minimum absolute atomic E-state index is 0.0829. The average molecular weight is 317 g/mol. The molecule has 20 heavy (non-hydrogen) atoms. The van der Waals surface area contributed by atoms with Gasteiger partial charge in [-0.05, 0) is 36.1 Å². The van der Waals surface area contributed by atoms with Gasteiger partial charge in [-0.15, -0.1) is 11.3 Å². The van der Waals surface area contributed by atoms with Gasteiger partial charge in [0.1, 0.15) is 11.6 Å². The Bertz CT molecular complexity index is 705. The molecule has 0 fully saturated rings. The van der Waals surface area contributed by atoms with E-state index in [1.807, 2.05) is 18.4 Å². The van der Waals surface area contributed by atoms with Gasteiger partial charge < -0.3 is 0 Å². The van der Waals surface area contributed by atoms with Gasteiger partial charge >= 0.3 is 0 Å². The molecule has 0 amide bonds. The van der Waals surface area contributed by atoms with E-state index in [9.17, 15) is 17.2 Å². The fourth-order valence-electron chi connectivity index (χ4n) is 1.74. The van der Waals surface area contributed by atoms with Gasteiger partial charge in [0.05, 0.1) is 0 Å². The van der Waals surface area contributed by atoms with Crippen LogP contribution in [0.3, 0.4) is 0 Å². The number of rotatable bonds is 4. The van der Waals surface area contributed by atoms with Crippen LogP contribution in [0.15, 0.2) is 34.5 Å². The Hall–Kier alpha value is -1.31. The van der Waals surface area contributed by atoms with E-state index < -0.39 is 26.6 Å². The van der Waals surface area contributed by atoms with Crippen LogP contribution in [-0.2, 0) is 16.6 Å². The van der Waals surface area contributed by atoms with Crippen molar-refractivity contribution in [2.24, 2.45) is 0 Å². The van der Waals surface area contributed by atoms with E-state index in [1.165, 1.54) is 18.4 Å². The van der Waals surface area contributed by atoms with Crippen LogP contribution >= 0.6 is 11.3 Å². The zero-order chi connectivity index (χ0) is 14.9. The summed E-state index contributed by atoms with van der Waals surface area (Å²) in [5.74, 6) is -2.17. The molecule has 0 aliphatic rings. The number of halogens is 2. The molecule has 0 atom stereocenters. The summed E-state index contributed by atoms with van der Waals surface area (Å²) in [6, 6.07) is 4.86. The maximum absolute atomic E-state index is 13.6. The molecule has 2 aromatic rings. The molecule has 1 aromatic carbocycles. The number of sulfonamides is 1.